The van der Waals surface area contributed by atoms with Gasteiger partial charge in [0.2, 0.25) is 5.88 Å². The summed E-state index contributed by atoms with van der Waals surface area (Å²) < 4.78 is 34.2. The lowest BCUT2D eigenvalue weighted by Gasteiger charge is -2.36. The molecule has 2 fully saturated rings. The van der Waals surface area contributed by atoms with Crippen LogP contribution in [0.1, 0.15) is 45.5 Å². The highest BCUT2D eigenvalue weighted by atomic mass is 32.2. The third-order valence-corrected chi connectivity index (χ3v) is 7.76. The van der Waals surface area contributed by atoms with Gasteiger partial charge in [-0.15, -0.1) is 0 Å². The van der Waals surface area contributed by atoms with Gasteiger partial charge in [-0.1, -0.05) is 33.4 Å². The second-order valence-electron chi connectivity index (χ2n) is 9.62. The fourth-order valence-electron chi connectivity index (χ4n) is 4.15. The van der Waals surface area contributed by atoms with Gasteiger partial charge in [0.15, 0.2) is 5.03 Å². The number of hydrogen-bond acceptors (Lipinski definition) is 7. The number of fused-ring (bicyclic) bond motifs is 1. The molecule has 172 valence electrons. The molecule has 9 heteroatoms. The van der Waals surface area contributed by atoms with Crippen LogP contribution in [0.4, 0.5) is 0 Å². The van der Waals surface area contributed by atoms with Gasteiger partial charge in [0.05, 0.1) is 18.1 Å². The summed E-state index contributed by atoms with van der Waals surface area (Å²) in [7, 11) is -3.65. The van der Waals surface area contributed by atoms with Gasteiger partial charge in [0, 0.05) is 49.8 Å². The van der Waals surface area contributed by atoms with Crippen molar-refractivity contribution in [1.82, 2.24) is 24.2 Å². The summed E-state index contributed by atoms with van der Waals surface area (Å²) in [6.07, 6.45) is 3.97. The second kappa shape index (κ2) is 8.53. The van der Waals surface area contributed by atoms with Crippen LogP contribution in [-0.2, 0) is 15.4 Å². The van der Waals surface area contributed by atoms with Crippen molar-refractivity contribution in [3.05, 3.63) is 48.6 Å². The van der Waals surface area contributed by atoms with Crippen LogP contribution in [0.25, 0.3) is 5.57 Å². The molecule has 2 aromatic rings. The Bertz CT molecular complexity index is 1100. The minimum Gasteiger partial charge on any atom is -0.472 e. The molecular formula is C23H31N5O3S. The van der Waals surface area contributed by atoms with Crippen LogP contribution in [0.15, 0.2) is 42.2 Å². The van der Waals surface area contributed by atoms with Crippen molar-refractivity contribution in [2.24, 2.45) is 0 Å². The first kappa shape index (κ1) is 22.8. The molecule has 2 saturated heterocycles. The molecule has 0 radical (unpaired) electrons. The summed E-state index contributed by atoms with van der Waals surface area (Å²) >= 11 is 0. The molecule has 0 bridgehead atoms. The number of ether oxygens (including phenoxy) is 1. The zero-order chi connectivity index (χ0) is 23.1. The Balaban J connectivity index is 1.43. The maximum absolute atomic E-state index is 13.3. The standard InChI is InChI=1S/C23H31N5O3S/c1-16(2)19-12-25-21(13-24-19)31-18-11-17-14-28(10-9-27(17)15-18)32(29,30)22-8-6-7-20(26-22)23(3,4)5/h6-8,12-13,17-18H,1,9-11,14-15H2,2-5H3/t17-,18+/m0/s1. The highest BCUT2D eigenvalue weighted by Gasteiger charge is 2.41. The molecule has 0 unspecified atom stereocenters. The maximum Gasteiger partial charge on any atom is 0.260 e. The lowest BCUT2D eigenvalue weighted by atomic mass is 9.92. The van der Waals surface area contributed by atoms with Crippen LogP contribution in [0.5, 0.6) is 5.88 Å². The molecule has 2 aliphatic heterocycles. The average molecular weight is 458 g/mol. The van der Waals surface area contributed by atoms with E-state index in [0.29, 0.717) is 25.5 Å². The predicted octanol–water partition coefficient (Wildman–Crippen LogP) is 2.73. The molecule has 2 aromatic heterocycles. The van der Waals surface area contributed by atoms with Gasteiger partial charge in [-0.2, -0.15) is 4.31 Å². The van der Waals surface area contributed by atoms with Gasteiger partial charge in [-0.3, -0.25) is 4.90 Å². The van der Waals surface area contributed by atoms with Crippen LogP contribution in [0.2, 0.25) is 0 Å². The topological polar surface area (TPSA) is 88.5 Å². The molecule has 0 N–H and O–H groups in total. The lowest BCUT2D eigenvalue weighted by Crippen LogP contribution is -2.52. The van der Waals surface area contributed by atoms with Gasteiger partial charge in [0.1, 0.15) is 6.10 Å². The Morgan fingerprint density at radius 1 is 1.16 bits per heavy atom. The van der Waals surface area contributed by atoms with Gasteiger partial charge in [0.25, 0.3) is 10.0 Å². The van der Waals surface area contributed by atoms with Crippen molar-refractivity contribution in [2.45, 2.75) is 56.7 Å². The van der Waals surface area contributed by atoms with E-state index in [1.165, 1.54) is 0 Å². The Labute approximate surface area is 190 Å². The van der Waals surface area contributed by atoms with Gasteiger partial charge in [-0.25, -0.2) is 23.4 Å². The molecule has 2 aliphatic rings. The van der Waals surface area contributed by atoms with Gasteiger partial charge < -0.3 is 4.74 Å². The third kappa shape index (κ3) is 4.69. The summed E-state index contributed by atoms with van der Waals surface area (Å²) in [5, 5.41) is 0.122. The summed E-state index contributed by atoms with van der Waals surface area (Å²) in [5.41, 5.74) is 2.15. The highest BCUT2D eigenvalue weighted by Crippen LogP contribution is 2.28. The van der Waals surface area contributed by atoms with Crippen molar-refractivity contribution in [1.29, 1.82) is 0 Å². The first-order valence-electron chi connectivity index (χ1n) is 10.9. The first-order chi connectivity index (χ1) is 15.0. The van der Waals surface area contributed by atoms with Crippen LogP contribution in [-0.4, -0.2) is 70.9 Å². The number of allylic oxidation sites excluding steroid dienone is 1. The van der Waals surface area contributed by atoms with E-state index in [1.807, 2.05) is 33.8 Å². The molecule has 0 aliphatic carbocycles. The summed E-state index contributed by atoms with van der Waals surface area (Å²) in [4.78, 5) is 15.4. The summed E-state index contributed by atoms with van der Waals surface area (Å²) in [6.45, 7) is 14.1. The number of nitrogens with zero attached hydrogens (tertiary/aromatic N) is 5. The number of pyridine rings is 1. The molecule has 32 heavy (non-hydrogen) atoms. The normalized spacial score (nSPS) is 22.5. The number of rotatable bonds is 5. The van der Waals surface area contributed by atoms with E-state index in [-0.39, 0.29) is 22.6 Å². The zero-order valence-electron chi connectivity index (χ0n) is 19.2. The SMILES string of the molecule is C=C(C)c1cnc(O[C@@H]2C[C@H]3CN(S(=O)(=O)c4cccc(C(C)(C)C)n4)CCN3C2)cn1. The van der Waals surface area contributed by atoms with Crippen LogP contribution in [0.3, 0.4) is 0 Å². The first-order valence-corrected chi connectivity index (χ1v) is 12.3. The molecule has 0 aromatic carbocycles. The van der Waals surface area contributed by atoms with E-state index < -0.39 is 10.0 Å². The quantitative estimate of drug-likeness (QED) is 0.682. The highest BCUT2D eigenvalue weighted by molar-refractivity contribution is 7.89. The minimum atomic E-state index is -3.65. The number of aromatic nitrogens is 3. The Hall–Kier alpha value is -2.36. The monoisotopic (exact) mass is 457 g/mol. The van der Waals surface area contributed by atoms with Crippen molar-refractivity contribution >= 4 is 15.6 Å². The molecule has 0 spiro atoms. The van der Waals surface area contributed by atoms with E-state index in [4.69, 9.17) is 4.74 Å². The fraction of sp³-hybridized carbons (Fsp3) is 0.522. The van der Waals surface area contributed by atoms with Crippen molar-refractivity contribution in [2.75, 3.05) is 26.2 Å². The minimum absolute atomic E-state index is 0.0463. The second-order valence-corrected chi connectivity index (χ2v) is 11.5. The van der Waals surface area contributed by atoms with Crippen molar-refractivity contribution in [3.8, 4) is 5.88 Å². The van der Waals surface area contributed by atoms with Crippen LogP contribution >= 0.6 is 0 Å². The number of sulfonamides is 1. The Morgan fingerprint density at radius 2 is 1.94 bits per heavy atom. The van der Waals surface area contributed by atoms with Gasteiger partial charge >= 0.3 is 0 Å². The predicted molar refractivity (Wildman–Crippen MR) is 123 cm³/mol. The van der Waals surface area contributed by atoms with E-state index in [2.05, 4.69) is 26.4 Å². The molecular weight excluding hydrogens is 426 g/mol. The number of hydrogen-bond donors (Lipinski definition) is 0. The summed E-state index contributed by atoms with van der Waals surface area (Å²) in [6, 6.07) is 5.35. The number of piperazine rings is 1. The fourth-order valence-corrected chi connectivity index (χ4v) is 5.57. The maximum atomic E-state index is 13.3. The van der Waals surface area contributed by atoms with E-state index in [0.717, 1.165) is 29.9 Å². The zero-order valence-corrected chi connectivity index (χ0v) is 20.0. The average Bonchev–Trinajstić information content (AvgIpc) is 3.15. The Morgan fingerprint density at radius 3 is 2.59 bits per heavy atom. The third-order valence-electron chi connectivity index (χ3n) is 5.99. The molecule has 0 saturated carbocycles. The molecule has 4 heterocycles. The molecule has 8 nitrogen and oxygen atoms in total. The van der Waals surface area contributed by atoms with E-state index >= 15 is 0 Å². The summed E-state index contributed by atoms with van der Waals surface area (Å²) in [5.74, 6) is 0.479. The van der Waals surface area contributed by atoms with E-state index in [9.17, 15) is 8.42 Å². The van der Waals surface area contributed by atoms with Gasteiger partial charge in [-0.05, 0) is 24.6 Å². The smallest absolute Gasteiger partial charge is 0.260 e. The molecule has 2 atom stereocenters. The van der Waals surface area contributed by atoms with Crippen molar-refractivity contribution in [3.63, 3.8) is 0 Å². The Kier molecular flexibility index (Phi) is 6.08. The van der Waals surface area contributed by atoms with Crippen LogP contribution < -0.4 is 4.74 Å². The van der Waals surface area contributed by atoms with Crippen LogP contribution in [0, 0.1) is 0 Å². The van der Waals surface area contributed by atoms with Crippen molar-refractivity contribution < 1.29 is 13.2 Å². The van der Waals surface area contributed by atoms with E-state index in [1.54, 1.807) is 28.8 Å². The molecule has 4 rings (SSSR count). The molecule has 0 amide bonds. The lowest BCUT2D eigenvalue weighted by molar-refractivity contribution is 0.151. The largest absolute Gasteiger partial charge is 0.472 e.